The van der Waals surface area contributed by atoms with E-state index < -0.39 is 0 Å². The second-order valence-electron chi connectivity index (χ2n) is 27.0. The molecule has 77 heavy (non-hydrogen) atoms. The third-order valence-corrected chi connectivity index (χ3v) is 20.5. The topological polar surface area (TPSA) is 32.8 Å². The Bertz CT molecular complexity index is 4350. The summed E-state index contributed by atoms with van der Waals surface area (Å²) in [6.07, 6.45) is 4.61. The number of aryl methyl sites for hydroxylation is 1. The van der Waals surface area contributed by atoms with Crippen LogP contribution in [0.15, 0.2) is 148 Å². The summed E-state index contributed by atoms with van der Waals surface area (Å²) < 4.78 is 17.1. The molecule has 0 unspecified atom stereocenters. The Morgan fingerprint density at radius 1 is 0.506 bits per heavy atom. The normalized spacial score (nSPS) is 17.7. The van der Waals surface area contributed by atoms with Gasteiger partial charge in [0.2, 0.25) is 0 Å². The second kappa shape index (κ2) is 15.6. The predicted octanol–water partition coefficient (Wildman–Crippen LogP) is 19.4. The van der Waals surface area contributed by atoms with Gasteiger partial charge in [-0.3, -0.25) is 0 Å². The molecular formula is C71H67BN2O2S. The van der Waals surface area contributed by atoms with Gasteiger partial charge >= 0.3 is 6.85 Å². The van der Waals surface area contributed by atoms with Crippen molar-refractivity contribution in [2.24, 2.45) is 0 Å². The first-order chi connectivity index (χ1) is 36.7. The van der Waals surface area contributed by atoms with Gasteiger partial charge in [-0.1, -0.05) is 149 Å². The van der Waals surface area contributed by atoms with Gasteiger partial charge in [0.15, 0.2) is 0 Å². The van der Waals surface area contributed by atoms with Crippen molar-refractivity contribution in [1.82, 2.24) is 0 Å². The summed E-state index contributed by atoms with van der Waals surface area (Å²) in [4.78, 5) is 5.38. The number of benzene rings is 8. The molecule has 0 radical (unpaired) electrons. The molecule has 15 rings (SSSR count). The monoisotopic (exact) mass is 1020 g/mol. The summed E-state index contributed by atoms with van der Waals surface area (Å²) in [6, 6.07) is 53.6. The fraction of sp³-hybridized carbons (Fsp3) is 0.296. The second-order valence-corrected chi connectivity index (χ2v) is 28.1. The average Bonchev–Trinajstić information content (AvgIpc) is 4.12. The van der Waals surface area contributed by atoms with E-state index in [4.69, 9.17) is 8.83 Å². The van der Waals surface area contributed by atoms with E-state index in [1.807, 2.05) is 11.3 Å². The standard InChI is InChI=1S/C71H67BN2O2S/c1-40-32-51-53(70(9,10)30-28-68(51,5)6)37-55(40)73-57-36-48-45-20-16-17-21-58(45)76-65(48)62-49-34-46-47-35-52-54(71(11,12)31-29-69(52,7)8)38-59(47)75-60(46)39-56(49)74(44-25-23-43(24-26-44)67(2,3)4)72(63(57)62)66-64(73)50-33-42(22-27-61(50)77-66)41-18-14-13-15-19-41/h13-27,32-39H,28-31H2,1-12H3. The molecule has 4 nitrogen and oxygen atoms in total. The number of hydrogen-bond acceptors (Lipinski definition) is 5. The molecule has 0 bridgehead atoms. The zero-order chi connectivity index (χ0) is 53.0. The number of furan rings is 2. The van der Waals surface area contributed by atoms with Gasteiger partial charge in [-0.05, 0) is 170 Å². The average molecular weight is 1020 g/mol. The van der Waals surface area contributed by atoms with Crippen LogP contribution in [0.1, 0.15) is 135 Å². The van der Waals surface area contributed by atoms with Crippen molar-refractivity contribution in [2.75, 3.05) is 9.71 Å². The molecule has 2 aliphatic carbocycles. The van der Waals surface area contributed by atoms with Crippen molar-refractivity contribution >= 4 is 111 Å². The highest BCUT2D eigenvalue weighted by molar-refractivity contribution is 7.32. The van der Waals surface area contributed by atoms with E-state index in [1.54, 1.807) is 0 Å². The van der Waals surface area contributed by atoms with Crippen molar-refractivity contribution in [3.8, 4) is 22.3 Å². The van der Waals surface area contributed by atoms with Crippen LogP contribution in [0.5, 0.6) is 0 Å². The maximum Gasteiger partial charge on any atom is 0.343 e. The van der Waals surface area contributed by atoms with Gasteiger partial charge in [-0.2, -0.15) is 0 Å². The minimum absolute atomic E-state index is 0.00764. The quantitative estimate of drug-likeness (QED) is 0.165. The fourth-order valence-corrected chi connectivity index (χ4v) is 15.7. The Morgan fingerprint density at radius 2 is 1.13 bits per heavy atom. The van der Waals surface area contributed by atoms with Crippen LogP contribution in [-0.2, 0) is 27.1 Å². The fourth-order valence-electron chi connectivity index (χ4n) is 14.4. The third kappa shape index (κ3) is 6.70. The van der Waals surface area contributed by atoms with Gasteiger partial charge in [-0.15, -0.1) is 11.3 Å². The van der Waals surface area contributed by atoms with E-state index >= 15 is 0 Å². The van der Waals surface area contributed by atoms with Crippen LogP contribution in [0.4, 0.5) is 28.4 Å². The number of nitrogens with zero attached hydrogens (tertiary/aromatic N) is 2. The first kappa shape index (κ1) is 47.2. The molecule has 8 aromatic carbocycles. The van der Waals surface area contributed by atoms with E-state index in [0.717, 1.165) is 74.7 Å². The summed E-state index contributed by atoms with van der Waals surface area (Å²) in [5.41, 5.74) is 24.3. The van der Waals surface area contributed by atoms with Crippen LogP contribution in [0, 0.1) is 6.92 Å². The lowest BCUT2D eigenvalue weighted by molar-refractivity contribution is 0.332. The number of hydrogen-bond donors (Lipinski definition) is 0. The first-order valence-electron chi connectivity index (χ1n) is 28.2. The molecule has 0 saturated heterocycles. The van der Waals surface area contributed by atoms with E-state index in [-0.39, 0.29) is 33.9 Å². The minimum atomic E-state index is -0.210. The van der Waals surface area contributed by atoms with Crippen LogP contribution in [0.25, 0.3) is 76.2 Å². The van der Waals surface area contributed by atoms with Crippen LogP contribution in [0.2, 0.25) is 0 Å². The maximum absolute atomic E-state index is 7.32. The predicted molar refractivity (Wildman–Crippen MR) is 330 cm³/mol. The molecule has 0 N–H and O–H groups in total. The van der Waals surface area contributed by atoms with E-state index in [9.17, 15) is 0 Å². The number of anilines is 5. The van der Waals surface area contributed by atoms with Gasteiger partial charge in [0.1, 0.15) is 22.3 Å². The van der Waals surface area contributed by atoms with Gasteiger partial charge < -0.3 is 18.5 Å². The van der Waals surface area contributed by atoms with Crippen molar-refractivity contribution in [1.29, 1.82) is 0 Å². The van der Waals surface area contributed by atoms with Crippen LogP contribution in [0.3, 0.4) is 0 Å². The molecule has 382 valence electrons. The molecule has 0 spiro atoms. The molecular weight excluding hydrogens is 956 g/mol. The molecule has 2 aliphatic heterocycles. The zero-order valence-corrected chi connectivity index (χ0v) is 47.6. The molecule has 0 amide bonds. The van der Waals surface area contributed by atoms with Crippen LogP contribution >= 0.6 is 11.3 Å². The van der Waals surface area contributed by atoms with Gasteiger partial charge in [-0.25, -0.2) is 0 Å². The van der Waals surface area contributed by atoms with Crippen molar-refractivity contribution in [3.63, 3.8) is 0 Å². The number of thiophene rings is 1. The van der Waals surface area contributed by atoms with Crippen molar-refractivity contribution < 1.29 is 8.83 Å². The van der Waals surface area contributed by atoms with E-state index in [0.29, 0.717) is 0 Å². The van der Waals surface area contributed by atoms with Gasteiger partial charge in [0.25, 0.3) is 0 Å². The number of para-hydroxylation sites is 1. The molecule has 0 saturated carbocycles. The third-order valence-electron chi connectivity index (χ3n) is 19.2. The summed E-state index contributed by atoms with van der Waals surface area (Å²) in [5, 5.41) is 5.85. The highest BCUT2D eigenvalue weighted by Gasteiger charge is 2.50. The Kier molecular flexibility index (Phi) is 9.56. The molecule has 5 heterocycles. The summed E-state index contributed by atoms with van der Waals surface area (Å²) in [7, 11) is 0. The molecule has 3 aromatic heterocycles. The van der Waals surface area contributed by atoms with E-state index in [1.165, 1.54) is 99.3 Å². The van der Waals surface area contributed by atoms with Crippen LogP contribution < -0.4 is 20.0 Å². The smallest absolute Gasteiger partial charge is 0.343 e. The largest absolute Gasteiger partial charge is 0.456 e. The maximum atomic E-state index is 7.32. The van der Waals surface area contributed by atoms with Gasteiger partial charge in [0.05, 0.1) is 5.69 Å². The highest BCUT2D eigenvalue weighted by Crippen LogP contribution is 2.57. The first-order valence-corrected chi connectivity index (χ1v) is 29.0. The summed E-state index contributed by atoms with van der Waals surface area (Å²) >= 11 is 1.95. The van der Waals surface area contributed by atoms with E-state index in [2.05, 4.69) is 232 Å². The minimum Gasteiger partial charge on any atom is -0.456 e. The Balaban J connectivity index is 1.11. The molecule has 0 fully saturated rings. The number of fused-ring (bicyclic) bond motifs is 15. The summed E-state index contributed by atoms with van der Waals surface area (Å²) in [5.74, 6) is 0. The van der Waals surface area contributed by atoms with Crippen molar-refractivity contribution in [2.45, 2.75) is 136 Å². The lowest BCUT2D eigenvalue weighted by Gasteiger charge is -2.46. The number of rotatable bonds is 3. The Hall–Kier alpha value is -7.02. The molecule has 11 aromatic rings. The zero-order valence-electron chi connectivity index (χ0n) is 46.8. The lowest BCUT2D eigenvalue weighted by Crippen LogP contribution is -2.60. The highest BCUT2D eigenvalue weighted by atomic mass is 32.1. The Labute approximate surface area is 457 Å². The molecule has 4 aliphatic rings. The van der Waals surface area contributed by atoms with Gasteiger partial charge in [0, 0.05) is 76.4 Å². The summed E-state index contributed by atoms with van der Waals surface area (Å²) in [6.45, 7) is 28.6. The lowest BCUT2D eigenvalue weighted by atomic mass is 9.46. The SMILES string of the molecule is Cc1cc2c(cc1N1c3cc4c(oc5ccccc54)c4c3B(c3sc5ccc(-c6ccccc6)cc5c31)N(c1ccc(C(C)(C)C)cc1)c1cc3oc5cc6c(cc5c3cc1-4)C(C)(C)CCC6(C)C)C(C)(C)CCC2(C)C. The molecule has 0 atom stereocenters. The van der Waals surface area contributed by atoms with Crippen molar-refractivity contribution in [3.05, 3.63) is 173 Å². The molecule has 6 heteroatoms. The van der Waals surface area contributed by atoms with Crippen LogP contribution in [-0.4, -0.2) is 6.85 Å². The Morgan fingerprint density at radius 3 is 1.83 bits per heavy atom.